The van der Waals surface area contributed by atoms with Gasteiger partial charge in [0.05, 0.1) is 17.9 Å². The second kappa shape index (κ2) is 18.8. The van der Waals surface area contributed by atoms with Crippen molar-refractivity contribution in [1.82, 2.24) is 5.32 Å². The Balaban J connectivity index is 1.89. The number of nitrogens with one attached hydrogen (secondary N) is 1. The lowest BCUT2D eigenvalue weighted by molar-refractivity contribution is -0.140. The van der Waals surface area contributed by atoms with E-state index < -0.39 is 0 Å². The molecule has 0 radical (unpaired) electrons. The van der Waals surface area contributed by atoms with Crippen LogP contribution in [0.15, 0.2) is 36.4 Å². The maximum Gasteiger partial charge on any atom is 0.315 e. The van der Waals surface area contributed by atoms with Crippen LogP contribution >= 0.6 is 11.8 Å². The van der Waals surface area contributed by atoms with E-state index in [1.54, 1.807) is 30.0 Å². The molecular formula is C25H39NO4S. The predicted octanol–water partition coefficient (Wildman–Crippen LogP) is 5.88. The molecule has 0 spiro atoms. The van der Waals surface area contributed by atoms with Crippen LogP contribution in [0.1, 0.15) is 81.5 Å². The number of carbonyl (C=O) groups excluding carboxylic acids is 2. The van der Waals surface area contributed by atoms with Crippen LogP contribution in [0.2, 0.25) is 0 Å². The fourth-order valence-corrected chi connectivity index (χ4v) is 3.83. The van der Waals surface area contributed by atoms with Crippen molar-refractivity contribution in [2.24, 2.45) is 0 Å². The molecule has 174 valence electrons. The molecule has 0 fully saturated rings. The summed E-state index contributed by atoms with van der Waals surface area (Å²) in [6, 6.07) is 6.33. The molecule has 31 heavy (non-hydrogen) atoms. The Hall–Kier alpha value is -1.95. The van der Waals surface area contributed by atoms with Crippen LogP contribution in [0.5, 0.6) is 5.75 Å². The smallest absolute Gasteiger partial charge is 0.315 e. The minimum atomic E-state index is -0.384. The van der Waals surface area contributed by atoms with Gasteiger partial charge in [-0.25, -0.2) is 0 Å². The molecule has 0 saturated heterocycles. The number of ether oxygens (including phenoxy) is 1. The number of hydrogen-bond donors (Lipinski definition) is 2. The molecule has 2 N–H and O–H groups in total. The third-order valence-electron chi connectivity index (χ3n) is 4.82. The van der Waals surface area contributed by atoms with Gasteiger partial charge in [0, 0.05) is 0 Å². The molecule has 0 aromatic heterocycles. The molecule has 0 aliphatic heterocycles. The summed E-state index contributed by atoms with van der Waals surface area (Å²) >= 11 is 1.59. The third-order valence-corrected chi connectivity index (χ3v) is 5.84. The highest BCUT2D eigenvalue weighted by Crippen LogP contribution is 2.15. The van der Waals surface area contributed by atoms with Crippen molar-refractivity contribution in [3.05, 3.63) is 42.0 Å². The Kier molecular flexibility index (Phi) is 16.4. The van der Waals surface area contributed by atoms with E-state index >= 15 is 0 Å². The SMILES string of the molecule is CCCCCCCC=CCCCCCSCC(=O)OCCNC(=O)c1ccccc1O. The van der Waals surface area contributed by atoms with Crippen molar-refractivity contribution in [2.75, 3.05) is 24.7 Å². The molecule has 6 heteroatoms. The average molecular weight is 450 g/mol. The summed E-state index contributed by atoms with van der Waals surface area (Å²) in [4.78, 5) is 23.6. The van der Waals surface area contributed by atoms with E-state index in [1.165, 1.54) is 57.4 Å². The van der Waals surface area contributed by atoms with Crippen molar-refractivity contribution in [3.63, 3.8) is 0 Å². The average Bonchev–Trinajstić information content (AvgIpc) is 2.77. The summed E-state index contributed by atoms with van der Waals surface area (Å²) in [7, 11) is 0. The Morgan fingerprint density at radius 3 is 2.39 bits per heavy atom. The molecule has 1 rings (SSSR count). The van der Waals surface area contributed by atoms with Gasteiger partial charge in [-0.1, -0.05) is 63.3 Å². The zero-order valence-electron chi connectivity index (χ0n) is 18.9. The molecule has 0 heterocycles. The Morgan fingerprint density at radius 1 is 1.00 bits per heavy atom. The summed E-state index contributed by atoms with van der Waals surface area (Å²) in [5.74, 6) is 0.585. The van der Waals surface area contributed by atoms with Gasteiger partial charge in [-0.05, 0) is 50.0 Å². The molecule has 1 amide bonds. The number of unbranched alkanes of at least 4 members (excludes halogenated alkanes) is 8. The highest BCUT2D eigenvalue weighted by atomic mass is 32.2. The first-order chi connectivity index (χ1) is 15.1. The van der Waals surface area contributed by atoms with Crippen LogP contribution in [0.4, 0.5) is 0 Å². The summed E-state index contributed by atoms with van der Waals surface area (Å²) < 4.78 is 5.13. The van der Waals surface area contributed by atoms with Crippen molar-refractivity contribution in [1.29, 1.82) is 0 Å². The van der Waals surface area contributed by atoms with Gasteiger partial charge in [-0.2, -0.15) is 11.8 Å². The predicted molar refractivity (Wildman–Crippen MR) is 130 cm³/mol. The lowest BCUT2D eigenvalue weighted by Crippen LogP contribution is -2.28. The first-order valence-corrected chi connectivity index (χ1v) is 12.7. The highest BCUT2D eigenvalue weighted by molar-refractivity contribution is 7.99. The number of para-hydroxylation sites is 1. The van der Waals surface area contributed by atoms with E-state index in [1.807, 2.05) is 0 Å². The topological polar surface area (TPSA) is 75.6 Å². The minimum absolute atomic E-state index is 0.0674. The molecule has 1 aromatic carbocycles. The number of phenolic OH excluding ortho intramolecular Hbond substituents is 1. The number of carbonyl (C=O) groups is 2. The second-order valence-electron chi connectivity index (χ2n) is 7.57. The minimum Gasteiger partial charge on any atom is -0.507 e. The molecule has 0 aliphatic carbocycles. The molecule has 0 aliphatic rings. The first kappa shape index (κ1) is 27.1. The number of hydrogen-bond acceptors (Lipinski definition) is 5. The van der Waals surface area contributed by atoms with E-state index in [2.05, 4.69) is 24.4 Å². The summed E-state index contributed by atoms with van der Waals surface area (Å²) in [6.45, 7) is 2.59. The van der Waals surface area contributed by atoms with Crippen molar-refractivity contribution >= 4 is 23.6 Å². The van der Waals surface area contributed by atoms with E-state index in [0.717, 1.165) is 18.6 Å². The van der Waals surface area contributed by atoms with Gasteiger partial charge in [0.25, 0.3) is 5.91 Å². The Morgan fingerprint density at radius 2 is 1.68 bits per heavy atom. The van der Waals surface area contributed by atoms with Gasteiger partial charge in [0.15, 0.2) is 0 Å². The zero-order valence-corrected chi connectivity index (χ0v) is 19.8. The molecule has 1 aromatic rings. The molecule has 0 bridgehead atoms. The number of thioether (sulfide) groups is 1. The fourth-order valence-electron chi connectivity index (χ4n) is 3.03. The van der Waals surface area contributed by atoms with Crippen molar-refractivity contribution in [3.8, 4) is 5.75 Å². The van der Waals surface area contributed by atoms with Gasteiger partial charge >= 0.3 is 5.97 Å². The highest BCUT2D eigenvalue weighted by Gasteiger charge is 2.09. The number of aromatic hydroxyl groups is 1. The van der Waals surface area contributed by atoms with Gasteiger partial charge in [0.2, 0.25) is 0 Å². The standard InChI is InChI=1S/C25H39NO4S/c1-2-3-4-5-6-7-8-9-10-11-12-15-20-31-21-24(28)30-19-18-26-25(29)22-16-13-14-17-23(22)27/h8-9,13-14,16-17,27H,2-7,10-12,15,18-21H2,1H3,(H,26,29). The van der Waals surface area contributed by atoms with Gasteiger partial charge in [-0.3, -0.25) is 9.59 Å². The number of phenols is 1. The zero-order chi connectivity index (χ0) is 22.6. The molecular weight excluding hydrogens is 410 g/mol. The fraction of sp³-hybridized carbons (Fsp3) is 0.600. The summed E-state index contributed by atoms with van der Waals surface area (Å²) in [6.07, 6.45) is 17.2. The van der Waals surface area contributed by atoms with Crippen LogP contribution in [0.3, 0.4) is 0 Å². The Bertz CT molecular complexity index is 648. The third kappa shape index (κ3) is 14.6. The summed E-state index contributed by atoms with van der Waals surface area (Å²) in [5, 5.41) is 12.3. The van der Waals surface area contributed by atoms with Crippen LogP contribution in [-0.4, -0.2) is 41.6 Å². The normalized spacial score (nSPS) is 11.0. The number of allylic oxidation sites excluding steroid dienone is 2. The van der Waals surface area contributed by atoms with E-state index in [-0.39, 0.29) is 36.3 Å². The number of benzene rings is 1. The van der Waals surface area contributed by atoms with Gasteiger partial charge < -0.3 is 15.2 Å². The number of amides is 1. The van der Waals surface area contributed by atoms with Gasteiger partial charge in [0.1, 0.15) is 12.4 Å². The molecule has 0 atom stereocenters. The monoisotopic (exact) mass is 449 g/mol. The van der Waals surface area contributed by atoms with E-state index in [4.69, 9.17) is 4.74 Å². The summed E-state index contributed by atoms with van der Waals surface area (Å²) in [5.41, 5.74) is 0.210. The Labute approximate surface area is 192 Å². The lowest BCUT2D eigenvalue weighted by Gasteiger charge is -2.08. The van der Waals surface area contributed by atoms with Crippen LogP contribution < -0.4 is 5.32 Å². The molecule has 5 nitrogen and oxygen atoms in total. The lowest BCUT2D eigenvalue weighted by atomic mass is 10.1. The largest absolute Gasteiger partial charge is 0.507 e. The van der Waals surface area contributed by atoms with Crippen LogP contribution in [0, 0.1) is 0 Å². The first-order valence-electron chi connectivity index (χ1n) is 11.6. The maximum atomic E-state index is 11.9. The van der Waals surface area contributed by atoms with Crippen LogP contribution in [-0.2, 0) is 9.53 Å². The number of esters is 1. The quantitative estimate of drug-likeness (QED) is 0.166. The van der Waals surface area contributed by atoms with E-state index in [0.29, 0.717) is 5.75 Å². The van der Waals surface area contributed by atoms with Crippen LogP contribution in [0.25, 0.3) is 0 Å². The van der Waals surface area contributed by atoms with Crippen molar-refractivity contribution < 1.29 is 19.4 Å². The second-order valence-corrected chi connectivity index (χ2v) is 8.67. The maximum absolute atomic E-state index is 11.9. The van der Waals surface area contributed by atoms with Gasteiger partial charge in [-0.15, -0.1) is 0 Å². The van der Waals surface area contributed by atoms with E-state index in [9.17, 15) is 14.7 Å². The number of rotatable bonds is 18. The molecule has 0 unspecified atom stereocenters. The van der Waals surface area contributed by atoms with Crippen molar-refractivity contribution in [2.45, 2.75) is 71.1 Å². The molecule has 0 saturated carbocycles.